The van der Waals surface area contributed by atoms with Crippen molar-refractivity contribution >= 4 is 29.1 Å². The average Bonchev–Trinajstić information content (AvgIpc) is 2.57. The maximum atomic E-state index is 13.7. The molecule has 6 heteroatoms. The van der Waals surface area contributed by atoms with Crippen LogP contribution >= 0.6 is 11.6 Å². The van der Waals surface area contributed by atoms with E-state index in [9.17, 15) is 4.39 Å². The number of aromatic nitrogens is 2. The molecule has 128 valence electrons. The van der Waals surface area contributed by atoms with Crippen LogP contribution in [0.1, 0.15) is 16.8 Å². The summed E-state index contributed by atoms with van der Waals surface area (Å²) in [5, 5.41) is 6.97. The standard InChI is InChI=1S/C19H18ClFN4/c1-12-7-8-15(20)10-17(12)24-18-9-13(2)23-19(25-18)22-11-14-5-3-4-6-16(14)21/h3-10H,11H2,1-2H3,(H2,22,23,24,25). The van der Waals surface area contributed by atoms with E-state index in [-0.39, 0.29) is 5.82 Å². The van der Waals surface area contributed by atoms with Crippen LogP contribution in [-0.4, -0.2) is 9.97 Å². The van der Waals surface area contributed by atoms with Crippen LogP contribution < -0.4 is 10.6 Å². The molecule has 3 rings (SSSR count). The first-order valence-electron chi connectivity index (χ1n) is 7.87. The summed E-state index contributed by atoms with van der Waals surface area (Å²) in [7, 11) is 0. The molecule has 0 atom stereocenters. The van der Waals surface area contributed by atoms with Crippen molar-refractivity contribution in [2.45, 2.75) is 20.4 Å². The molecule has 4 nitrogen and oxygen atoms in total. The summed E-state index contributed by atoms with van der Waals surface area (Å²) in [4.78, 5) is 8.79. The van der Waals surface area contributed by atoms with Crippen molar-refractivity contribution in [2.24, 2.45) is 0 Å². The lowest BCUT2D eigenvalue weighted by molar-refractivity contribution is 0.612. The zero-order valence-electron chi connectivity index (χ0n) is 14.0. The van der Waals surface area contributed by atoms with Gasteiger partial charge in [0.2, 0.25) is 5.95 Å². The van der Waals surface area contributed by atoms with Crippen LogP contribution in [0.25, 0.3) is 0 Å². The van der Waals surface area contributed by atoms with E-state index in [1.54, 1.807) is 18.2 Å². The Bertz CT molecular complexity index is 898. The van der Waals surface area contributed by atoms with Crippen LogP contribution in [-0.2, 0) is 6.54 Å². The molecular weight excluding hydrogens is 339 g/mol. The van der Waals surface area contributed by atoms with E-state index in [0.717, 1.165) is 16.9 Å². The molecular formula is C19H18ClFN4. The maximum absolute atomic E-state index is 13.7. The second-order valence-corrected chi connectivity index (χ2v) is 6.18. The number of hydrogen-bond donors (Lipinski definition) is 2. The van der Waals surface area contributed by atoms with Crippen LogP contribution in [0, 0.1) is 19.7 Å². The Morgan fingerprint density at radius 2 is 1.84 bits per heavy atom. The Labute approximate surface area is 151 Å². The van der Waals surface area contributed by atoms with Gasteiger partial charge in [0.05, 0.1) is 0 Å². The van der Waals surface area contributed by atoms with E-state index in [2.05, 4.69) is 20.6 Å². The Morgan fingerprint density at radius 1 is 1.04 bits per heavy atom. The molecule has 0 saturated heterocycles. The molecule has 0 fully saturated rings. The minimum atomic E-state index is -0.254. The fourth-order valence-corrected chi connectivity index (χ4v) is 2.57. The lowest BCUT2D eigenvalue weighted by Crippen LogP contribution is -2.07. The van der Waals surface area contributed by atoms with E-state index in [0.29, 0.717) is 28.9 Å². The fourth-order valence-electron chi connectivity index (χ4n) is 2.39. The van der Waals surface area contributed by atoms with E-state index < -0.39 is 0 Å². The summed E-state index contributed by atoms with van der Waals surface area (Å²) < 4.78 is 13.7. The van der Waals surface area contributed by atoms with Gasteiger partial charge in [0, 0.05) is 34.6 Å². The smallest absolute Gasteiger partial charge is 0.225 e. The average molecular weight is 357 g/mol. The van der Waals surface area contributed by atoms with Gasteiger partial charge < -0.3 is 10.6 Å². The Hall–Kier alpha value is -2.66. The van der Waals surface area contributed by atoms with E-state index in [4.69, 9.17) is 11.6 Å². The molecule has 0 aliphatic heterocycles. The number of halogens is 2. The molecule has 0 unspecified atom stereocenters. The summed E-state index contributed by atoms with van der Waals surface area (Å²) in [6.07, 6.45) is 0. The van der Waals surface area contributed by atoms with Gasteiger partial charge in [-0.25, -0.2) is 9.37 Å². The predicted octanol–water partition coefficient (Wildman–Crippen LogP) is 5.24. The van der Waals surface area contributed by atoms with Crippen molar-refractivity contribution in [2.75, 3.05) is 10.6 Å². The highest BCUT2D eigenvalue weighted by Crippen LogP contribution is 2.24. The van der Waals surface area contributed by atoms with Gasteiger partial charge in [0.15, 0.2) is 0 Å². The van der Waals surface area contributed by atoms with Gasteiger partial charge in [-0.1, -0.05) is 35.9 Å². The summed E-state index contributed by atoms with van der Waals surface area (Å²) in [6, 6.07) is 14.1. The Balaban J connectivity index is 1.78. The SMILES string of the molecule is Cc1cc(Nc2cc(Cl)ccc2C)nc(NCc2ccccc2F)n1. The number of hydrogen-bond acceptors (Lipinski definition) is 4. The monoisotopic (exact) mass is 356 g/mol. The first-order valence-corrected chi connectivity index (χ1v) is 8.25. The third-order valence-corrected chi connectivity index (χ3v) is 3.95. The number of anilines is 3. The molecule has 25 heavy (non-hydrogen) atoms. The molecule has 0 bridgehead atoms. The van der Waals surface area contributed by atoms with Gasteiger partial charge in [-0.15, -0.1) is 0 Å². The summed E-state index contributed by atoms with van der Waals surface area (Å²) >= 11 is 6.06. The number of benzene rings is 2. The van der Waals surface area contributed by atoms with Crippen LogP contribution in [0.4, 0.5) is 21.8 Å². The van der Waals surface area contributed by atoms with E-state index in [1.165, 1.54) is 6.07 Å². The van der Waals surface area contributed by atoms with Gasteiger partial charge in [0.1, 0.15) is 11.6 Å². The van der Waals surface area contributed by atoms with Crippen molar-refractivity contribution in [3.8, 4) is 0 Å². The number of aryl methyl sites for hydroxylation is 2. The van der Waals surface area contributed by atoms with Gasteiger partial charge in [-0.2, -0.15) is 4.98 Å². The van der Waals surface area contributed by atoms with Crippen molar-refractivity contribution in [3.05, 3.63) is 76.2 Å². The molecule has 1 aromatic heterocycles. The van der Waals surface area contributed by atoms with Crippen LogP contribution in [0.15, 0.2) is 48.5 Å². The molecule has 1 heterocycles. The first kappa shape index (κ1) is 17.2. The molecule has 0 saturated carbocycles. The van der Waals surface area contributed by atoms with Crippen molar-refractivity contribution in [1.82, 2.24) is 9.97 Å². The fraction of sp³-hybridized carbons (Fsp3) is 0.158. The molecule has 0 aliphatic rings. The minimum absolute atomic E-state index is 0.254. The molecule has 0 radical (unpaired) electrons. The Kier molecular flexibility index (Phi) is 5.14. The van der Waals surface area contributed by atoms with Crippen LogP contribution in [0.5, 0.6) is 0 Å². The second kappa shape index (κ2) is 7.49. The van der Waals surface area contributed by atoms with Gasteiger partial charge in [-0.05, 0) is 37.6 Å². The summed E-state index contributed by atoms with van der Waals surface area (Å²) in [6.45, 7) is 4.18. The highest BCUT2D eigenvalue weighted by molar-refractivity contribution is 6.30. The zero-order chi connectivity index (χ0) is 17.8. The topological polar surface area (TPSA) is 49.8 Å². The highest BCUT2D eigenvalue weighted by atomic mass is 35.5. The molecule has 2 N–H and O–H groups in total. The molecule has 2 aromatic carbocycles. The lowest BCUT2D eigenvalue weighted by Gasteiger charge is -2.12. The molecule has 0 amide bonds. The zero-order valence-corrected chi connectivity index (χ0v) is 14.7. The Morgan fingerprint density at radius 3 is 2.64 bits per heavy atom. The van der Waals surface area contributed by atoms with E-state index in [1.807, 2.05) is 38.1 Å². The molecule has 3 aromatic rings. The number of rotatable bonds is 5. The largest absolute Gasteiger partial charge is 0.350 e. The van der Waals surface area contributed by atoms with Crippen molar-refractivity contribution in [3.63, 3.8) is 0 Å². The van der Waals surface area contributed by atoms with Gasteiger partial charge >= 0.3 is 0 Å². The van der Waals surface area contributed by atoms with Gasteiger partial charge in [0.25, 0.3) is 0 Å². The maximum Gasteiger partial charge on any atom is 0.225 e. The molecule has 0 spiro atoms. The van der Waals surface area contributed by atoms with Crippen molar-refractivity contribution < 1.29 is 4.39 Å². The normalized spacial score (nSPS) is 10.6. The third kappa shape index (κ3) is 4.45. The lowest BCUT2D eigenvalue weighted by atomic mass is 10.2. The minimum Gasteiger partial charge on any atom is -0.350 e. The van der Waals surface area contributed by atoms with Crippen LogP contribution in [0.2, 0.25) is 5.02 Å². The van der Waals surface area contributed by atoms with Crippen molar-refractivity contribution in [1.29, 1.82) is 0 Å². The summed E-state index contributed by atoms with van der Waals surface area (Å²) in [5.41, 5.74) is 3.30. The van der Waals surface area contributed by atoms with Crippen LogP contribution in [0.3, 0.4) is 0 Å². The number of nitrogens with zero attached hydrogens (tertiary/aromatic N) is 2. The summed E-state index contributed by atoms with van der Waals surface area (Å²) in [5.74, 6) is 0.829. The second-order valence-electron chi connectivity index (χ2n) is 5.75. The van der Waals surface area contributed by atoms with Gasteiger partial charge in [-0.3, -0.25) is 0 Å². The third-order valence-electron chi connectivity index (χ3n) is 3.71. The highest BCUT2D eigenvalue weighted by Gasteiger charge is 2.06. The quantitative estimate of drug-likeness (QED) is 0.656. The molecule has 0 aliphatic carbocycles. The first-order chi connectivity index (χ1) is 12.0. The predicted molar refractivity (Wildman–Crippen MR) is 100.0 cm³/mol. The van der Waals surface area contributed by atoms with E-state index >= 15 is 0 Å². The number of nitrogens with one attached hydrogen (secondary N) is 2.